The van der Waals surface area contributed by atoms with Crippen molar-refractivity contribution >= 4 is 39.3 Å². The minimum atomic E-state index is -3.99. The first kappa shape index (κ1) is 26.4. The summed E-state index contributed by atoms with van der Waals surface area (Å²) in [5.41, 5.74) is 7.63. The summed E-state index contributed by atoms with van der Waals surface area (Å²) in [6.45, 7) is 4.03. The Bertz CT molecular complexity index is 1730. The van der Waals surface area contributed by atoms with E-state index in [1.165, 1.54) is 34.5 Å². The number of benzene rings is 4. The van der Waals surface area contributed by atoms with Gasteiger partial charge in [0.2, 0.25) is 0 Å². The van der Waals surface area contributed by atoms with Gasteiger partial charge in [0.25, 0.3) is 0 Å². The quantitative estimate of drug-likeness (QED) is 0.144. The minimum Gasteiger partial charge on any atom is -0.378 e. The van der Waals surface area contributed by atoms with E-state index in [1.807, 2.05) is 19.1 Å². The van der Waals surface area contributed by atoms with Crippen molar-refractivity contribution in [2.24, 2.45) is 10.9 Å². The van der Waals surface area contributed by atoms with Gasteiger partial charge in [0.15, 0.2) is 5.75 Å². The number of allylic oxidation sites excluding steroid dienone is 2. The number of nitrogens with zero attached hydrogens (tertiary/aromatic N) is 1. The van der Waals surface area contributed by atoms with Crippen molar-refractivity contribution in [1.29, 1.82) is 0 Å². The molecule has 0 saturated carbocycles. The largest absolute Gasteiger partial charge is 0.378 e. The van der Waals surface area contributed by atoms with Crippen LogP contribution in [-0.4, -0.2) is 14.6 Å². The second kappa shape index (κ2) is 10.6. The number of hydrogen-bond donors (Lipinski definition) is 1. The summed E-state index contributed by atoms with van der Waals surface area (Å²) in [5, 5.41) is 3.97. The Labute approximate surface area is 240 Å². The Morgan fingerprint density at radius 2 is 1.68 bits per heavy atom. The molecular weight excluding hydrogens is 540 g/mol. The van der Waals surface area contributed by atoms with Crippen LogP contribution >= 0.6 is 11.6 Å². The van der Waals surface area contributed by atoms with Crippen molar-refractivity contribution in [2.45, 2.75) is 37.1 Å². The van der Waals surface area contributed by atoms with Gasteiger partial charge in [-0.25, -0.2) is 0 Å². The molecule has 0 bridgehead atoms. The fraction of sp³-hybridized carbons (Fsp3) is 0.182. The third-order valence-corrected chi connectivity index (χ3v) is 9.14. The molecule has 0 aromatic heterocycles. The lowest BCUT2D eigenvalue weighted by molar-refractivity contribution is 0.425. The SMILES string of the molecule is Cc1ccc(S(=O)(=O)Oc2ccc(C=Nc3ccc([C@@H]4Nc5ccc(C)cc5[C@H]5C=CC[C@H]54)cc3)cc2Cl)cc1. The second-order valence-corrected chi connectivity index (χ2v) is 12.4. The Morgan fingerprint density at radius 1 is 0.925 bits per heavy atom. The van der Waals surface area contributed by atoms with E-state index in [0.29, 0.717) is 11.8 Å². The maximum Gasteiger partial charge on any atom is 0.339 e. The molecule has 202 valence electrons. The van der Waals surface area contributed by atoms with E-state index in [2.05, 4.69) is 59.7 Å². The molecular formula is C33H29ClN2O3S. The van der Waals surface area contributed by atoms with E-state index in [1.54, 1.807) is 36.5 Å². The monoisotopic (exact) mass is 568 g/mol. The van der Waals surface area contributed by atoms with Crippen LogP contribution in [0.3, 0.4) is 0 Å². The lowest BCUT2D eigenvalue weighted by atomic mass is 9.76. The minimum absolute atomic E-state index is 0.0696. The van der Waals surface area contributed by atoms with Crippen LogP contribution in [0.1, 0.15) is 46.2 Å². The van der Waals surface area contributed by atoms with E-state index in [0.717, 1.165) is 23.2 Å². The summed E-state index contributed by atoms with van der Waals surface area (Å²) in [5.74, 6) is 0.990. The summed E-state index contributed by atoms with van der Waals surface area (Å²) >= 11 is 6.36. The fourth-order valence-electron chi connectivity index (χ4n) is 5.50. The highest BCUT2D eigenvalue weighted by Crippen LogP contribution is 2.50. The summed E-state index contributed by atoms with van der Waals surface area (Å²) in [6, 6.07) is 26.6. The Balaban J connectivity index is 1.15. The zero-order chi connectivity index (χ0) is 27.9. The van der Waals surface area contributed by atoms with E-state index in [4.69, 9.17) is 15.8 Å². The summed E-state index contributed by atoms with van der Waals surface area (Å²) in [6.07, 6.45) is 7.42. The van der Waals surface area contributed by atoms with Crippen LogP contribution in [-0.2, 0) is 10.1 Å². The number of fused-ring (bicyclic) bond motifs is 3. The van der Waals surface area contributed by atoms with Gasteiger partial charge in [0, 0.05) is 17.8 Å². The van der Waals surface area contributed by atoms with Gasteiger partial charge in [0.1, 0.15) is 4.90 Å². The number of halogens is 1. The molecule has 1 aliphatic carbocycles. The standard InChI is InChI=1S/C33H29ClN2O3S/c1-21-6-14-26(15-7-21)40(37,38)39-32-17-9-23(19-30(32)34)20-35-25-12-10-24(11-13-25)33-28-5-3-4-27(28)29-18-22(2)8-16-31(29)36-33/h3-4,6-20,27-28,33,36H,5H2,1-2H3/t27-,28+,33-/m0/s1. The summed E-state index contributed by atoms with van der Waals surface area (Å²) in [4.78, 5) is 4.68. The molecule has 1 heterocycles. The zero-order valence-corrected chi connectivity index (χ0v) is 23.8. The number of nitrogens with one attached hydrogen (secondary N) is 1. The van der Waals surface area contributed by atoms with E-state index in [9.17, 15) is 8.42 Å². The highest BCUT2D eigenvalue weighted by molar-refractivity contribution is 7.87. The smallest absolute Gasteiger partial charge is 0.339 e. The van der Waals surface area contributed by atoms with Gasteiger partial charge in [-0.05, 0) is 91.4 Å². The molecule has 5 nitrogen and oxygen atoms in total. The van der Waals surface area contributed by atoms with Gasteiger partial charge in [-0.3, -0.25) is 4.99 Å². The molecule has 6 rings (SSSR count). The number of rotatable bonds is 6. The molecule has 0 spiro atoms. The molecule has 40 heavy (non-hydrogen) atoms. The van der Waals surface area contributed by atoms with Crippen molar-refractivity contribution in [3.8, 4) is 5.75 Å². The third kappa shape index (κ3) is 5.29. The van der Waals surface area contributed by atoms with E-state index in [-0.39, 0.29) is 21.7 Å². The van der Waals surface area contributed by atoms with Crippen molar-refractivity contribution in [3.05, 3.63) is 130 Å². The van der Waals surface area contributed by atoms with Crippen LogP contribution in [0, 0.1) is 19.8 Å². The molecule has 0 amide bonds. The van der Waals surface area contributed by atoms with Crippen LogP contribution in [0.4, 0.5) is 11.4 Å². The molecule has 2 aliphatic rings. The molecule has 0 radical (unpaired) electrons. The molecule has 7 heteroatoms. The van der Waals surface area contributed by atoms with Crippen LogP contribution in [0.2, 0.25) is 5.02 Å². The molecule has 3 atom stereocenters. The van der Waals surface area contributed by atoms with E-state index < -0.39 is 10.1 Å². The van der Waals surface area contributed by atoms with Gasteiger partial charge < -0.3 is 9.50 Å². The summed E-state index contributed by atoms with van der Waals surface area (Å²) < 4.78 is 30.5. The number of anilines is 1. The van der Waals surface area contributed by atoms with Gasteiger partial charge in [-0.2, -0.15) is 8.42 Å². The Morgan fingerprint density at radius 3 is 2.42 bits per heavy atom. The predicted octanol–water partition coefficient (Wildman–Crippen LogP) is 8.30. The van der Waals surface area contributed by atoms with Crippen molar-refractivity contribution in [2.75, 3.05) is 5.32 Å². The first-order chi connectivity index (χ1) is 19.3. The second-order valence-electron chi connectivity index (χ2n) is 10.5. The molecule has 1 N–H and O–H groups in total. The van der Waals surface area contributed by atoms with Gasteiger partial charge in [0.05, 0.1) is 16.8 Å². The molecule has 0 fully saturated rings. The van der Waals surface area contributed by atoms with Crippen molar-refractivity contribution in [3.63, 3.8) is 0 Å². The Hall–Kier alpha value is -3.87. The zero-order valence-electron chi connectivity index (χ0n) is 22.2. The van der Waals surface area contributed by atoms with E-state index >= 15 is 0 Å². The van der Waals surface area contributed by atoms with Crippen molar-refractivity contribution < 1.29 is 12.6 Å². The van der Waals surface area contributed by atoms with Gasteiger partial charge in [-0.15, -0.1) is 0 Å². The molecule has 0 saturated heterocycles. The number of aliphatic imine (C=N–C) groups is 1. The lowest BCUT2D eigenvalue weighted by Crippen LogP contribution is -2.29. The third-order valence-electron chi connectivity index (χ3n) is 7.60. The maximum absolute atomic E-state index is 12.6. The average molecular weight is 569 g/mol. The summed E-state index contributed by atoms with van der Waals surface area (Å²) in [7, 11) is -3.99. The fourth-order valence-corrected chi connectivity index (χ4v) is 6.72. The number of hydrogen-bond acceptors (Lipinski definition) is 5. The first-order valence-electron chi connectivity index (χ1n) is 13.3. The van der Waals surface area contributed by atoms with Gasteiger partial charge in [-0.1, -0.05) is 71.3 Å². The Kier molecular flexibility index (Phi) is 6.99. The first-order valence-corrected chi connectivity index (χ1v) is 15.0. The molecule has 4 aromatic carbocycles. The highest BCUT2D eigenvalue weighted by atomic mass is 35.5. The van der Waals surface area contributed by atoms with Crippen LogP contribution < -0.4 is 9.50 Å². The van der Waals surface area contributed by atoms with Crippen LogP contribution in [0.15, 0.2) is 107 Å². The van der Waals surface area contributed by atoms with Crippen LogP contribution in [0.25, 0.3) is 0 Å². The lowest BCUT2D eigenvalue weighted by Gasteiger charge is -2.37. The molecule has 4 aromatic rings. The predicted molar refractivity (Wildman–Crippen MR) is 162 cm³/mol. The molecule has 0 unspecified atom stereocenters. The highest BCUT2D eigenvalue weighted by Gasteiger charge is 2.37. The maximum atomic E-state index is 12.6. The number of aryl methyl sites for hydroxylation is 2. The van der Waals surface area contributed by atoms with Gasteiger partial charge >= 0.3 is 10.1 Å². The topological polar surface area (TPSA) is 67.8 Å². The normalized spacial score (nSPS) is 19.7. The molecule has 1 aliphatic heterocycles. The van der Waals surface area contributed by atoms with Crippen LogP contribution in [0.5, 0.6) is 5.75 Å². The average Bonchev–Trinajstić information content (AvgIpc) is 3.44. The van der Waals surface area contributed by atoms with Crippen molar-refractivity contribution in [1.82, 2.24) is 0 Å².